The third-order valence-corrected chi connectivity index (χ3v) is 4.72. The van der Waals surface area contributed by atoms with Crippen LogP contribution in [0.2, 0.25) is 5.02 Å². The summed E-state index contributed by atoms with van der Waals surface area (Å²) in [6, 6.07) is 14.2. The molecular formula is C20H23ClN2O3. The van der Waals surface area contributed by atoms with Gasteiger partial charge in [-0.2, -0.15) is 0 Å². The Kier molecular flexibility index (Phi) is 5.23. The summed E-state index contributed by atoms with van der Waals surface area (Å²) in [5.41, 5.74) is 8.22. The molecule has 0 aromatic heterocycles. The lowest BCUT2D eigenvalue weighted by Crippen LogP contribution is -2.55. The van der Waals surface area contributed by atoms with Crippen molar-refractivity contribution in [2.45, 2.75) is 38.7 Å². The summed E-state index contributed by atoms with van der Waals surface area (Å²) >= 11 is 6.41. The molecule has 5 nitrogen and oxygen atoms in total. The summed E-state index contributed by atoms with van der Waals surface area (Å²) in [5.74, 6) is -0.766. The van der Waals surface area contributed by atoms with E-state index in [4.69, 9.17) is 26.8 Å². The Hall–Kier alpha value is -2.08. The molecule has 138 valence electrons. The summed E-state index contributed by atoms with van der Waals surface area (Å²) < 4.78 is 12.0. The number of aryl methyl sites for hydroxylation is 1. The number of carbonyl (C=O) groups is 1. The van der Waals surface area contributed by atoms with Gasteiger partial charge in [0.1, 0.15) is 6.10 Å². The number of amides is 2. The van der Waals surface area contributed by atoms with Gasteiger partial charge in [0.25, 0.3) is 0 Å². The van der Waals surface area contributed by atoms with Crippen LogP contribution >= 0.6 is 11.6 Å². The zero-order valence-corrected chi connectivity index (χ0v) is 15.9. The second kappa shape index (κ2) is 7.27. The minimum absolute atomic E-state index is 0.277. The quantitative estimate of drug-likeness (QED) is 0.864. The van der Waals surface area contributed by atoms with Crippen molar-refractivity contribution in [3.63, 3.8) is 0 Å². The molecule has 1 aliphatic heterocycles. The van der Waals surface area contributed by atoms with Crippen molar-refractivity contribution in [1.29, 1.82) is 0 Å². The summed E-state index contributed by atoms with van der Waals surface area (Å²) in [4.78, 5) is 13.8. The molecular weight excluding hydrogens is 352 g/mol. The Bertz CT molecular complexity index is 795. The second-order valence-electron chi connectivity index (χ2n) is 6.89. The van der Waals surface area contributed by atoms with Crippen LogP contribution in [-0.4, -0.2) is 24.5 Å². The van der Waals surface area contributed by atoms with Crippen LogP contribution in [0.25, 0.3) is 0 Å². The monoisotopic (exact) mass is 374 g/mol. The maximum Gasteiger partial charge on any atom is 0.319 e. The molecule has 1 heterocycles. The molecule has 2 amide bonds. The molecule has 6 heteroatoms. The van der Waals surface area contributed by atoms with E-state index in [-0.39, 0.29) is 6.61 Å². The lowest BCUT2D eigenvalue weighted by atomic mass is 9.98. The first-order valence-corrected chi connectivity index (χ1v) is 8.88. The van der Waals surface area contributed by atoms with Crippen molar-refractivity contribution in [3.05, 3.63) is 64.7 Å². The number of carbonyl (C=O) groups excluding carboxylic acids is 1. The van der Waals surface area contributed by atoms with Crippen LogP contribution < -0.4 is 10.6 Å². The predicted octanol–water partition coefficient (Wildman–Crippen LogP) is 4.43. The number of nitrogens with zero attached hydrogens (tertiary/aromatic N) is 1. The fourth-order valence-corrected chi connectivity index (χ4v) is 3.53. The third kappa shape index (κ3) is 3.85. The van der Waals surface area contributed by atoms with Gasteiger partial charge in [-0.05, 0) is 44.0 Å². The van der Waals surface area contributed by atoms with Gasteiger partial charge in [0, 0.05) is 0 Å². The van der Waals surface area contributed by atoms with E-state index >= 15 is 0 Å². The Labute approximate surface area is 158 Å². The number of urea groups is 1. The maximum absolute atomic E-state index is 12.4. The molecule has 0 bridgehead atoms. The van der Waals surface area contributed by atoms with Gasteiger partial charge in [-0.3, -0.25) is 4.90 Å². The standard InChI is InChI=1S/C20H23ClN2O3/c1-13-9-10-16(15(21)11-13)23(19(22)24)17-12-25-20(2,3)26-18(17)14-7-5-4-6-8-14/h4-11,17-18H,12H2,1-3H3,(H2,22,24)/t17-,18-/m0/s1. The molecule has 2 N–H and O–H groups in total. The average molecular weight is 375 g/mol. The SMILES string of the molecule is Cc1ccc(N(C(N)=O)[C@H]2COC(C)(C)O[C@H]2c2ccccc2)c(Cl)c1. The van der Waals surface area contributed by atoms with E-state index in [2.05, 4.69) is 0 Å². The summed E-state index contributed by atoms with van der Waals surface area (Å²) in [5, 5.41) is 0.459. The summed E-state index contributed by atoms with van der Waals surface area (Å²) in [6.45, 7) is 5.92. The van der Waals surface area contributed by atoms with Crippen molar-refractivity contribution in [2.24, 2.45) is 5.73 Å². The van der Waals surface area contributed by atoms with Gasteiger partial charge in [0.15, 0.2) is 5.79 Å². The molecule has 2 aromatic rings. The van der Waals surface area contributed by atoms with E-state index in [0.717, 1.165) is 11.1 Å². The van der Waals surface area contributed by atoms with Crippen molar-refractivity contribution in [2.75, 3.05) is 11.5 Å². The third-order valence-electron chi connectivity index (χ3n) is 4.42. The van der Waals surface area contributed by atoms with Crippen LogP contribution in [0.1, 0.15) is 31.1 Å². The molecule has 0 unspecified atom stereocenters. The van der Waals surface area contributed by atoms with Gasteiger partial charge in [0.2, 0.25) is 0 Å². The number of nitrogens with two attached hydrogens (primary N) is 1. The highest BCUT2D eigenvalue weighted by molar-refractivity contribution is 6.33. The number of ether oxygens (including phenoxy) is 2. The lowest BCUT2D eigenvalue weighted by molar-refractivity contribution is -0.281. The fourth-order valence-electron chi connectivity index (χ4n) is 3.20. The van der Waals surface area contributed by atoms with Gasteiger partial charge >= 0.3 is 6.03 Å². The van der Waals surface area contributed by atoms with Crippen LogP contribution in [0.4, 0.5) is 10.5 Å². The highest BCUT2D eigenvalue weighted by Gasteiger charge is 2.42. The van der Waals surface area contributed by atoms with E-state index in [9.17, 15) is 4.79 Å². The van der Waals surface area contributed by atoms with Crippen LogP contribution in [0, 0.1) is 6.92 Å². The summed E-state index contributed by atoms with van der Waals surface area (Å²) in [7, 11) is 0. The summed E-state index contributed by atoms with van der Waals surface area (Å²) in [6.07, 6.45) is -0.398. The Morgan fingerprint density at radius 3 is 2.54 bits per heavy atom. The molecule has 2 aromatic carbocycles. The Morgan fingerprint density at radius 1 is 1.23 bits per heavy atom. The fraction of sp³-hybridized carbons (Fsp3) is 0.350. The number of anilines is 1. The lowest BCUT2D eigenvalue weighted by Gasteiger charge is -2.45. The molecule has 1 fully saturated rings. The first kappa shape index (κ1) is 18.7. The average Bonchev–Trinajstić information content (AvgIpc) is 2.58. The molecule has 1 aliphatic rings. The largest absolute Gasteiger partial charge is 0.351 e. The van der Waals surface area contributed by atoms with Crippen LogP contribution in [-0.2, 0) is 9.47 Å². The van der Waals surface area contributed by atoms with E-state index < -0.39 is 24.0 Å². The zero-order chi connectivity index (χ0) is 18.9. The molecule has 2 atom stereocenters. The van der Waals surface area contributed by atoms with E-state index in [0.29, 0.717) is 10.7 Å². The van der Waals surface area contributed by atoms with Crippen molar-refractivity contribution in [1.82, 2.24) is 0 Å². The maximum atomic E-state index is 12.4. The number of rotatable bonds is 3. The normalized spacial score (nSPS) is 22.0. The molecule has 3 rings (SSSR count). The van der Waals surface area contributed by atoms with Crippen molar-refractivity contribution in [3.8, 4) is 0 Å². The number of hydrogen-bond acceptors (Lipinski definition) is 3. The van der Waals surface area contributed by atoms with Gasteiger partial charge in [-0.15, -0.1) is 0 Å². The van der Waals surface area contributed by atoms with Crippen LogP contribution in [0.3, 0.4) is 0 Å². The number of halogens is 1. The molecule has 0 spiro atoms. The van der Waals surface area contributed by atoms with E-state index in [1.807, 2.05) is 57.2 Å². The number of hydrogen-bond donors (Lipinski definition) is 1. The van der Waals surface area contributed by atoms with Gasteiger partial charge in [-0.25, -0.2) is 4.79 Å². The van der Waals surface area contributed by atoms with Gasteiger partial charge in [0.05, 0.1) is 23.4 Å². The van der Waals surface area contributed by atoms with Crippen molar-refractivity contribution < 1.29 is 14.3 Å². The Balaban J connectivity index is 2.05. The molecule has 0 aliphatic carbocycles. The van der Waals surface area contributed by atoms with E-state index in [1.165, 1.54) is 4.90 Å². The topological polar surface area (TPSA) is 64.8 Å². The predicted molar refractivity (Wildman–Crippen MR) is 102 cm³/mol. The molecule has 26 heavy (non-hydrogen) atoms. The van der Waals surface area contributed by atoms with Crippen molar-refractivity contribution >= 4 is 23.3 Å². The minimum Gasteiger partial charge on any atom is -0.351 e. The number of primary amides is 1. The van der Waals surface area contributed by atoms with Gasteiger partial charge < -0.3 is 15.2 Å². The highest BCUT2D eigenvalue weighted by Crippen LogP contribution is 2.39. The highest BCUT2D eigenvalue weighted by atomic mass is 35.5. The van der Waals surface area contributed by atoms with Gasteiger partial charge in [-0.1, -0.05) is 48.0 Å². The zero-order valence-electron chi connectivity index (χ0n) is 15.1. The molecule has 1 saturated heterocycles. The first-order chi connectivity index (χ1) is 12.3. The molecule has 0 radical (unpaired) electrons. The van der Waals surface area contributed by atoms with E-state index in [1.54, 1.807) is 12.1 Å². The number of benzene rings is 2. The smallest absolute Gasteiger partial charge is 0.319 e. The first-order valence-electron chi connectivity index (χ1n) is 8.50. The van der Waals surface area contributed by atoms with Crippen LogP contribution in [0.5, 0.6) is 0 Å². The Morgan fingerprint density at radius 2 is 1.92 bits per heavy atom. The second-order valence-corrected chi connectivity index (χ2v) is 7.30. The minimum atomic E-state index is -0.766. The molecule has 0 saturated carbocycles. The van der Waals surface area contributed by atoms with Crippen LogP contribution in [0.15, 0.2) is 48.5 Å².